The fraction of sp³-hybridized carbons (Fsp3) is 0.333. The Bertz CT molecular complexity index is 1180. The Morgan fingerprint density at radius 1 is 1.00 bits per heavy atom. The van der Waals surface area contributed by atoms with Crippen LogP contribution in [-0.2, 0) is 14.4 Å². The lowest BCUT2D eigenvalue weighted by Gasteiger charge is -2.21. The summed E-state index contributed by atoms with van der Waals surface area (Å²) in [6.07, 6.45) is 4.23. The first kappa shape index (κ1) is 25.1. The molecule has 0 aromatic heterocycles. The van der Waals surface area contributed by atoms with Gasteiger partial charge in [0.05, 0.1) is 16.2 Å². The molecule has 182 valence electrons. The summed E-state index contributed by atoms with van der Waals surface area (Å²) in [6.45, 7) is 4.71. The molecule has 35 heavy (non-hydrogen) atoms. The Morgan fingerprint density at radius 2 is 1.71 bits per heavy atom. The Balaban J connectivity index is 1.59. The van der Waals surface area contributed by atoms with Crippen molar-refractivity contribution in [3.8, 4) is 0 Å². The van der Waals surface area contributed by atoms with E-state index in [2.05, 4.69) is 19.2 Å². The maximum atomic E-state index is 13.6. The highest BCUT2D eigenvalue weighted by Gasteiger charge is 2.42. The molecular formula is C27H29N3O3S2. The van der Waals surface area contributed by atoms with Gasteiger partial charge in [0.25, 0.3) is 11.8 Å². The van der Waals surface area contributed by atoms with Crippen LogP contribution in [0.3, 0.4) is 0 Å². The summed E-state index contributed by atoms with van der Waals surface area (Å²) in [7, 11) is 0. The predicted octanol–water partition coefficient (Wildman–Crippen LogP) is 5.46. The number of benzene rings is 2. The van der Waals surface area contributed by atoms with Crippen LogP contribution >= 0.6 is 24.0 Å². The van der Waals surface area contributed by atoms with Gasteiger partial charge in [-0.05, 0) is 30.5 Å². The minimum Gasteiger partial charge on any atom is -0.325 e. The molecule has 1 N–H and O–H groups in total. The van der Waals surface area contributed by atoms with Crippen molar-refractivity contribution in [3.05, 3.63) is 65.1 Å². The monoisotopic (exact) mass is 507 g/mol. The number of unbranched alkanes of at least 4 members (excludes halogenated alkanes) is 1. The summed E-state index contributed by atoms with van der Waals surface area (Å²) in [4.78, 5) is 43.2. The van der Waals surface area contributed by atoms with Gasteiger partial charge in [-0.25, -0.2) is 0 Å². The van der Waals surface area contributed by atoms with E-state index in [1.54, 1.807) is 23.1 Å². The number of thioether (sulfide) groups is 1. The number of nitrogens with zero attached hydrogens (tertiary/aromatic N) is 2. The summed E-state index contributed by atoms with van der Waals surface area (Å²) in [6, 6.07) is 16.4. The lowest BCUT2D eigenvalue weighted by Crippen LogP contribution is -2.36. The standard InChI is InChI=1S/C27H29N3O3S2/c1-3-5-11-18(4-2)16-30-26(33)24(35-27(30)34)23-20-14-9-10-15-21(20)29(25(23)32)17-22(31)28-19-12-7-6-8-13-19/h6-10,12-15,18H,3-5,11,16-17H2,1-2H3,(H,28,31)/b24-23-/t18-/m1/s1. The first-order chi connectivity index (χ1) is 16.9. The first-order valence-corrected chi connectivity index (χ1v) is 13.2. The number of thiocarbonyl (C=S) groups is 1. The quantitative estimate of drug-likeness (QED) is 0.361. The van der Waals surface area contributed by atoms with Crippen molar-refractivity contribution in [2.75, 3.05) is 23.3 Å². The van der Waals surface area contributed by atoms with Crippen LogP contribution in [-0.4, -0.2) is 40.0 Å². The summed E-state index contributed by atoms with van der Waals surface area (Å²) < 4.78 is 0.484. The van der Waals surface area contributed by atoms with E-state index in [0.717, 1.165) is 25.7 Å². The summed E-state index contributed by atoms with van der Waals surface area (Å²) >= 11 is 6.75. The number of hydrogen-bond donors (Lipinski definition) is 1. The molecule has 0 bridgehead atoms. The molecule has 0 saturated carbocycles. The number of rotatable bonds is 9. The topological polar surface area (TPSA) is 69.7 Å². The molecule has 0 radical (unpaired) electrons. The van der Waals surface area contributed by atoms with Crippen LogP contribution in [0.5, 0.6) is 0 Å². The molecule has 1 saturated heterocycles. The van der Waals surface area contributed by atoms with Crippen LogP contribution in [0.25, 0.3) is 5.57 Å². The van der Waals surface area contributed by atoms with Crippen molar-refractivity contribution in [1.29, 1.82) is 0 Å². The number of nitrogens with one attached hydrogen (secondary N) is 1. The molecule has 2 aromatic carbocycles. The van der Waals surface area contributed by atoms with Crippen LogP contribution in [0.15, 0.2) is 59.5 Å². The lowest BCUT2D eigenvalue weighted by atomic mass is 9.98. The molecular weight excluding hydrogens is 478 g/mol. The van der Waals surface area contributed by atoms with E-state index in [9.17, 15) is 14.4 Å². The number of carbonyl (C=O) groups excluding carboxylic acids is 3. The second-order valence-electron chi connectivity index (χ2n) is 8.73. The molecule has 0 spiro atoms. The average molecular weight is 508 g/mol. The van der Waals surface area contributed by atoms with Gasteiger partial charge in [-0.2, -0.15) is 0 Å². The van der Waals surface area contributed by atoms with E-state index in [1.807, 2.05) is 36.4 Å². The predicted molar refractivity (Wildman–Crippen MR) is 146 cm³/mol. The third-order valence-electron chi connectivity index (χ3n) is 6.34. The first-order valence-electron chi connectivity index (χ1n) is 12.0. The van der Waals surface area contributed by atoms with E-state index < -0.39 is 0 Å². The molecule has 2 heterocycles. The number of hydrogen-bond acceptors (Lipinski definition) is 5. The van der Waals surface area contributed by atoms with Gasteiger partial charge in [-0.1, -0.05) is 93.5 Å². The van der Waals surface area contributed by atoms with Gasteiger partial charge in [-0.15, -0.1) is 0 Å². The smallest absolute Gasteiger partial charge is 0.267 e. The van der Waals surface area contributed by atoms with Gasteiger partial charge in [0.1, 0.15) is 10.9 Å². The number of amides is 3. The van der Waals surface area contributed by atoms with E-state index in [0.29, 0.717) is 44.2 Å². The van der Waals surface area contributed by atoms with Gasteiger partial charge in [0.15, 0.2) is 0 Å². The SMILES string of the molecule is CCCC[C@@H](CC)CN1C(=O)/C(=C2/C(=O)N(CC(=O)Nc3ccccc3)c3ccccc32)SC1=S. The van der Waals surface area contributed by atoms with Crippen LogP contribution in [0.4, 0.5) is 11.4 Å². The zero-order valence-electron chi connectivity index (χ0n) is 20.0. The number of anilines is 2. The Kier molecular flexibility index (Phi) is 8.03. The van der Waals surface area contributed by atoms with Crippen LogP contribution in [0.2, 0.25) is 0 Å². The second-order valence-corrected chi connectivity index (χ2v) is 10.4. The zero-order chi connectivity index (χ0) is 24.9. The molecule has 0 aliphatic carbocycles. The number of fused-ring (bicyclic) bond motifs is 1. The maximum absolute atomic E-state index is 13.6. The van der Waals surface area contributed by atoms with Gasteiger partial charge in [0, 0.05) is 17.8 Å². The van der Waals surface area contributed by atoms with Crippen LogP contribution < -0.4 is 10.2 Å². The van der Waals surface area contributed by atoms with Gasteiger partial charge in [-0.3, -0.25) is 24.2 Å². The van der Waals surface area contributed by atoms with Crippen molar-refractivity contribution in [2.45, 2.75) is 39.5 Å². The highest BCUT2D eigenvalue weighted by molar-refractivity contribution is 8.26. The Hall–Kier alpha value is -2.97. The largest absolute Gasteiger partial charge is 0.325 e. The number of para-hydroxylation sites is 2. The van der Waals surface area contributed by atoms with Crippen molar-refractivity contribution in [1.82, 2.24) is 4.90 Å². The minimum atomic E-state index is -0.354. The minimum absolute atomic E-state index is 0.149. The fourth-order valence-electron chi connectivity index (χ4n) is 4.40. The molecule has 0 unspecified atom stereocenters. The Labute approximate surface area is 215 Å². The van der Waals surface area contributed by atoms with Crippen molar-refractivity contribution in [3.63, 3.8) is 0 Å². The molecule has 3 amide bonds. The van der Waals surface area contributed by atoms with Crippen molar-refractivity contribution in [2.24, 2.45) is 5.92 Å². The third kappa shape index (κ3) is 5.33. The van der Waals surface area contributed by atoms with E-state index in [1.165, 1.54) is 16.7 Å². The molecule has 4 rings (SSSR count). The van der Waals surface area contributed by atoms with E-state index in [4.69, 9.17) is 12.2 Å². The van der Waals surface area contributed by atoms with E-state index in [-0.39, 0.29) is 24.3 Å². The van der Waals surface area contributed by atoms with Crippen LogP contribution in [0.1, 0.15) is 45.1 Å². The van der Waals surface area contributed by atoms with Crippen molar-refractivity contribution >= 4 is 63.0 Å². The molecule has 2 aliphatic rings. The third-order valence-corrected chi connectivity index (χ3v) is 7.79. The molecule has 2 aliphatic heterocycles. The van der Waals surface area contributed by atoms with Gasteiger partial charge < -0.3 is 5.32 Å². The highest BCUT2D eigenvalue weighted by atomic mass is 32.2. The second kappa shape index (κ2) is 11.2. The zero-order valence-corrected chi connectivity index (χ0v) is 21.6. The molecule has 8 heteroatoms. The van der Waals surface area contributed by atoms with Gasteiger partial charge >= 0.3 is 0 Å². The molecule has 1 fully saturated rings. The normalized spacial score (nSPS) is 18.3. The summed E-state index contributed by atoms with van der Waals surface area (Å²) in [5.74, 6) is -0.516. The van der Waals surface area contributed by atoms with Crippen molar-refractivity contribution < 1.29 is 14.4 Å². The number of carbonyl (C=O) groups is 3. The Morgan fingerprint density at radius 3 is 2.43 bits per heavy atom. The van der Waals surface area contributed by atoms with Crippen LogP contribution in [0, 0.1) is 5.92 Å². The summed E-state index contributed by atoms with van der Waals surface area (Å²) in [5, 5.41) is 2.82. The van der Waals surface area contributed by atoms with Gasteiger partial charge in [0.2, 0.25) is 5.91 Å². The lowest BCUT2D eigenvalue weighted by molar-refractivity contribution is -0.123. The average Bonchev–Trinajstić information content (AvgIpc) is 3.29. The maximum Gasteiger partial charge on any atom is 0.267 e. The highest BCUT2D eigenvalue weighted by Crippen LogP contribution is 2.44. The molecule has 6 nitrogen and oxygen atoms in total. The fourth-order valence-corrected chi connectivity index (χ4v) is 5.75. The van der Waals surface area contributed by atoms with E-state index >= 15 is 0 Å². The summed E-state index contributed by atoms with van der Waals surface area (Å²) in [5.41, 5.74) is 2.26. The molecule has 2 aromatic rings. The molecule has 1 atom stereocenters.